The van der Waals surface area contributed by atoms with Gasteiger partial charge in [0.05, 0.1) is 13.2 Å². The zero-order valence-electron chi connectivity index (χ0n) is 5.69. The van der Waals surface area contributed by atoms with Crippen LogP contribution in [0.15, 0.2) is 0 Å². The molecule has 0 aliphatic carbocycles. The Balaban J connectivity index is 3.43. The lowest BCUT2D eigenvalue weighted by atomic mass is 10.4. The minimum Gasteiger partial charge on any atom is -0.382 e. The Labute approximate surface area is 69.0 Å². The largest absolute Gasteiger partial charge is 0.382 e. The second kappa shape index (κ2) is 4.43. The van der Waals surface area contributed by atoms with Crippen LogP contribution in [-0.2, 0) is 9.47 Å². The Morgan fingerprint density at radius 3 is 1.89 bits per heavy atom. The highest BCUT2D eigenvalue weighted by Crippen LogP contribution is 2.10. The third-order valence-electron chi connectivity index (χ3n) is 0.769. The number of hydrogen-bond acceptors (Lipinski definition) is 3. The van der Waals surface area contributed by atoms with E-state index in [1.165, 1.54) is 0 Å². The van der Waals surface area contributed by atoms with E-state index in [1.54, 1.807) is 14.2 Å². The normalized spacial score (nSPS) is 12.0. The summed E-state index contributed by atoms with van der Waals surface area (Å²) in [5.41, 5.74) is 5.67. The average molecular weight is 245 g/mol. The maximum atomic E-state index is 5.67. The fourth-order valence-corrected chi connectivity index (χ4v) is 1.14. The zero-order chi connectivity index (χ0) is 7.33. The van der Waals surface area contributed by atoms with Crippen molar-refractivity contribution in [3.8, 4) is 0 Å². The van der Waals surface area contributed by atoms with Crippen LogP contribution in [0.1, 0.15) is 0 Å². The van der Waals surface area contributed by atoms with Crippen molar-refractivity contribution in [1.29, 1.82) is 0 Å². The van der Waals surface area contributed by atoms with E-state index < -0.39 is 0 Å². The molecular formula is C5H12INO2. The molecule has 0 fully saturated rings. The standard InChI is InChI=1S/C5H12INO2/c1-8-3-5(6,7)4-9-2/h3-4,7H2,1-2H3. The van der Waals surface area contributed by atoms with Crippen LogP contribution in [0, 0.1) is 0 Å². The first-order chi connectivity index (χ1) is 4.12. The molecule has 0 bridgehead atoms. The van der Waals surface area contributed by atoms with Crippen LogP contribution in [0.5, 0.6) is 0 Å². The predicted molar refractivity (Wildman–Crippen MR) is 44.7 cm³/mol. The summed E-state index contributed by atoms with van der Waals surface area (Å²) in [5, 5.41) is 0. The van der Waals surface area contributed by atoms with E-state index in [0.717, 1.165) is 0 Å². The molecule has 0 aliphatic heterocycles. The molecule has 3 nitrogen and oxygen atoms in total. The molecule has 0 unspecified atom stereocenters. The third kappa shape index (κ3) is 5.07. The smallest absolute Gasteiger partial charge is 0.115 e. The predicted octanol–water partition coefficient (Wildman–Crippen LogP) is 0.369. The minimum absolute atomic E-state index is 0.374. The van der Waals surface area contributed by atoms with Crippen molar-refractivity contribution in [2.75, 3.05) is 27.4 Å². The Morgan fingerprint density at radius 2 is 1.67 bits per heavy atom. The highest BCUT2D eigenvalue weighted by Gasteiger charge is 2.19. The van der Waals surface area contributed by atoms with Gasteiger partial charge in [-0.15, -0.1) is 0 Å². The fourth-order valence-electron chi connectivity index (χ4n) is 0.522. The monoisotopic (exact) mass is 245 g/mol. The quantitative estimate of drug-likeness (QED) is 0.442. The van der Waals surface area contributed by atoms with Crippen molar-refractivity contribution < 1.29 is 9.47 Å². The first kappa shape index (κ1) is 9.61. The topological polar surface area (TPSA) is 44.5 Å². The summed E-state index contributed by atoms with van der Waals surface area (Å²) in [5.74, 6) is 0. The molecular weight excluding hydrogens is 233 g/mol. The van der Waals surface area contributed by atoms with Gasteiger partial charge in [0.2, 0.25) is 0 Å². The second-order valence-corrected chi connectivity index (χ2v) is 4.05. The van der Waals surface area contributed by atoms with Gasteiger partial charge in [-0.1, -0.05) is 22.6 Å². The second-order valence-electron chi connectivity index (χ2n) is 1.90. The molecule has 0 atom stereocenters. The number of methoxy groups -OCH3 is 2. The number of rotatable bonds is 4. The van der Waals surface area contributed by atoms with Crippen LogP contribution in [-0.4, -0.2) is 31.0 Å². The van der Waals surface area contributed by atoms with Crippen molar-refractivity contribution in [1.82, 2.24) is 0 Å². The van der Waals surface area contributed by atoms with Crippen molar-refractivity contribution in [2.24, 2.45) is 5.73 Å². The molecule has 9 heavy (non-hydrogen) atoms. The summed E-state index contributed by atoms with van der Waals surface area (Å²) in [4.78, 5) is 0. The van der Waals surface area contributed by atoms with E-state index in [2.05, 4.69) is 22.6 Å². The molecule has 0 amide bonds. The van der Waals surface area contributed by atoms with Crippen LogP contribution in [0.4, 0.5) is 0 Å². The fraction of sp³-hybridized carbons (Fsp3) is 1.00. The molecule has 0 saturated heterocycles. The van der Waals surface area contributed by atoms with Crippen LogP contribution in [0.3, 0.4) is 0 Å². The van der Waals surface area contributed by atoms with Gasteiger partial charge in [-0.2, -0.15) is 0 Å². The molecule has 4 heteroatoms. The number of nitrogens with two attached hydrogens (primary N) is 1. The van der Waals surface area contributed by atoms with E-state index in [4.69, 9.17) is 15.2 Å². The van der Waals surface area contributed by atoms with Crippen molar-refractivity contribution in [3.05, 3.63) is 0 Å². The molecule has 0 aliphatic rings. The first-order valence-corrected chi connectivity index (χ1v) is 3.66. The Kier molecular flexibility index (Phi) is 4.73. The molecule has 0 aromatic heterocycles. The lowest BCUT2D eigenvalue weighted by molar-refractivity contribution is 0.112. The minimum atomic E-state index is -0.374. The van der Waals surface area contributed by atoms with Gasteiger partial charge in [-0.05, 0) is 0 Å². The molecule has 0 saturated carbocycles. The van der Waals surface area contributed by atoms with E-state index in [0.29, 0.717) is 13.2 Å². The summed E-state index contributed by atoms with van der Waals surface area (Å²) in [6.07, 6.45) is 0. The lowest BCUT2D eigenvalue weighted by Crippen LogP contribution is -2.41. The van der Waals surface area contributed by atoms with Crippen molar-refractivity contribution >= 4 is 22.6 Å². The molecule has 56 valence electrons. The number of ether oxygens (including phenoxy) is 2. The van der Waals surface area contributed by atoms with Gasteiger partial charge in [0.25, 0.3) is 0 Å². The zero-order valence-corrected chi connectivity index (χ0v) is 7.84. The number of halogens is 1. The van der Waals surface area contributed by atoms with Gasteiger partial charge in [0, 0.05) is 14.2 Å². The summed E-state index contributed by atoms with van der Waals surface area (Å²) >= 11 is 2.10. The molecule has 0 heterocycles. The first-order valence-electron chi connectivity index (χ1n) is 2.58. The maximum absolute atomic E-state index is 5.67. The molecule has 0 rings (SSSR count). The van der Waals surface area contributed by atoms with E-state index in [9.17, 15) is 0 Å². The van der Waals surface area contributed by atoms with E-state index >= 15 is 0 Å². The number of hydrogen-bond donors (Lipinski definition) is 1. The van der Waals surface area contributed by atoms with Gasteiger partial charge in [-0.25, -0.2) is 0 Å². The van der Waals surface area contributed by atoms with Crippen molar-refractivity contribution in [2.45, 2.75) is 3.55 Å². The SMILES string of the molecule is COCC(N)(I)COC. The van der Waals surface area contributed by atoms with Gasteiger partial charge in [0.1, 0.15) is 3.55 Å². The maximum Gasteiger partial charge on any atom is 0.115 e. The highest BCUT2D eigenvalue weighted by atomic mass is 127. The molecule has 0 spiro atoms. The average Bonchev–Trinajstić information content (AvgIpc) is 1.64. The summed E-state index contributed by atoms with van der Waals surface area (Å²) in [6, 6.07) is 0. The van der Waals surface area contributed by atoms with E-state index in [1.807, 2.05) is 0 Å². The van der Waals surface area contributed by atoms with Gasteiger partial charge in [0.15, 0.2) is 0 Å². The molecule has 2 N–H and O–H groups in total. The van der Waals surface area contributed by atoms with Crippen LogP contribution < -0.4 is 5.73 Å². The van der Waals surface area contributed by atoms with E-state index in [-0.39, 0.29) is 3.55 Å². The Morgan fingerprint density at radius 1 is 1.33 bits per heavy atom. The lowest BCUT2D eigenvalue weighted by Gasteiger charge is -2.19. The van der Waals surface area contributed by atoms with Gasteiger partial charge >= 0.3 is 0 Å². The highest BCUT2D eigenvalue weighted by molar-refractivity contribution is 14.1. The van der Waals surface area contributed by atoms with Crippen molar-refractivity contribution in [3.63, 3.8) is 0 Å². The van der Waals surface area contributed by atoms with Crippen LogP contribution in [0.25, 0.3) is 0 Å². The third-order valence-corrected chi connectivity index (χ3v) is 1.39. The molecule has 0 aromatic carbocycles. The summed E-state index contributed by atoms with van der Waals surface area (Å²) in [7, 11) is 3.24. The summed E-state index contributed by atoms with van der Waals surface area (Å²) < 4.78 is 9.32. The molecule has 0 aromatic rings. The van der Waals surface area contributed by atoms with Gasteiger partial charge < -0.3 is 15.2 Å². The molecule has 0 radical (unpaired) electrons. The number of alkyl halides is 1. The van der Waals surface area contributed by atoms with Crippen LogP contribution >= 0.6 is 22.6 Å². The Bertz CT molecular complexity index is 69.4. The van der Waals surface area contributed by atoms with Gasteiger partial charge in [-0.3, -0.25) is 0 Å². The Hall–Kier alpha value is 0.610. The summed E-state index contributed by atoms with van der Waals surface area (Å²) in [6.45, 7) is 1.03. The van der Waals surface area contributed by atoms with Crippen LogP contribution in [0.2, 0.25) is 0 Å².